The molecule has 0 amide bonds. The molecule has 0 atom stereocenters. The predicted octanol–water partition coefficient (Wildman–Crippen LogP) is 2.29. The topological polar surface area (TPSA) is 94.6 Å². The largest absolute Gasteiger partial charge is 0.244 e. The van der Waals surface area contributed by atoms with Gasteiger partial charge >= 0.3 is 0 Å². The zero-order valence-corrected chi connectivity index (χ0v) is 12.1. The van der Waals surface area contributed by atoms with E-state index in [1.807, 2.05) is 6.07 Å². The molecule has 2 rings (SSSR count). The fourth-order valence-corrected chi connectivity index (χ4v) is 2.83. The maximum atomic E-state index is 12.0. The van der Waals surface area contributed by atoms with Crippen LogP contribution in [0.4, 0.5) is 0 Å². The van der Waals surface area contributed by atoms with E-state index in [0.717, 1.165) is 5.56 Å². The number of aromatic nitrogens is 1. The van der Waals surface area contributed by atoms with Crippen molar-refractivity contribution < 1.29 is 8.42 Å². The molecule has 0 spiro atoms. The lowest BCUT2D eigenvalue weighted by atomic mass is 10.1. The second-order valence-electron chi connectivity index (χ2n) is 4.28. The number of nitriles is 2. The molecule has 1 aromatic heterocycles. The van der Waals surface area contributed by atoms with Crippen LogP contribution < -0.4 is 0 Å². The van der Waals surface area contributed by atoms with Crippen molar-refractivity contribution in [1.29, 1.82) is 10.5 Å². The van der Waals surface area contributed by atoms with E-state index in [0.29, 0.717) is 11.1 Å². The minimum Gasteiger partial charge on any atom is -0.244 e. The SMILES string of the molecule is CCS(=O)(=O)c1cc(-c2ccc(C#N)cc2)cnc1C#N. The molecule has 0 aliphatic rings. The lowest BCUT2D eigenvalue weighted by Gasteiger charge is -2.07. The van der Waals surface area contributed by atoms with Gasteiger partial charge in [-0.3, -0.25) is 0 Å². The van der Waals surface area contributed by atoms with E-state index in [-0.39, 0.29) is 16.3 Å². The van der Waals surface area contributed by atoms with Gasteiger partial charge in [-0.1, -0.05) is 19.1 Å². The molecule has 104 valence electrons. The van der Waals surface area contributed by atoms with Crippen molar-refractivity contribution in [3.05, 3.63) is 47.8 Å². The van der Waals surface area contributed by atoms with E-state index in [1.54, 1.807) is 30.3 Å². The third-order valence-electron chi connectivity index (χ3n) is 3.02. The van der Waals surface area contributed by atoms with Gasteiger partial charge in [-0.2, -0.15) is 10.5 Å². The van der Waals surface area contributed by atoms with Crippen LogP contribution in [0.3, 0.4) is 0 Å². The van der Waals surface area contributed by atoms with Crippen LogP contribution in [0.5, 0.6) is 0 Å². The first-order valence-corrected chi connectivity index (χ1v) is 7.80. The molecule has 21 heavy (non-hydrogen) atoms. The van der Waals surface area contributed by atoms with Crippen LogP contribution in [-0.2, 0) is 9.84 Å². The molecule has 1 heterocycles. The summed E-state index contributed by atoms with van der Waals surface area (Å²) in [5, 5.41) is 17.8. The second-order valence-corrected chi connectivity index (χ2v) is 6.52. The first kappa shape index (κ1) is 14.7. The van der Waals surface area contributed by atoms with E-state index < -0.39 is 9.84 Å². The van der Waals surface area contributed by atoms with Crippen LogP contribution in [-0.4, -0.2) is 19.2 Å². The molecule has 5 nitrogen and oxygen atoms in total. The molecule has 0 fully saturated rings. The zero-order valence-electron chi connectivity index (χ0n) is 11.2. The summed E-state index contributed by atoms with van der Waals surface area (Å²) in [6.07, 6.45) is 1.45. The lowest BCUT2D eigenvalue weighted by molar-refractivity contribution is 0.596. The summed E-state index contributed by atoms with van der Waals surface area (Å²) in [7, 11) is -3.52. The van der Waals surface area contributed by atoms with Gasteiger partial charge in [-0.15, -0.1) is 0 Å². The third-order valence-corrected chi connectivity index (χ3v) is 4.76. The molecule has 0 unspecified atom stereocenters. The van der Waals surface area contributed by atoms with Crippen LogP contribution >= 0.6 is 0 Å². The van der Waals surface area contributed by atoms with Gasteiger partial charge in [0.1, 0.15) is 11.0 Å². The maximum absolute atomic E-state index is 12.0. The summed E-state index contributed by atoms with van der Waals surface area (Å²) in [5.41, 5.74) is 1.74. The monoisotopic (exact) mass is 297 g/mol. The summed E-state index contributed by atoms with van der Waals surface area (Å²) in [5.74, 6) is -0.0970. The summed E-state index contributed by atoms with van der Waals surface area (Å²) in [6, 6.07) is 12.0. The van der Waals surface area contributed by atoms with E-state index in [1.165, 1.54) is 19.2 Å². The normalized spacial score (nSPS) is 10.6. The van der Waals surface area contributed by atoms with Crippen molar-refractivity contribution in [2.24, 2.45) is 0 Å². The first-order valence-electron chi connectivity index (χ1n) is 6.15. The summed E-state index contributed by atoms with van der Waals surface area (Å²) >= 11 is 0. The molecule has 0 bridgehead atoms. The van der Waals surface area contributed by atoms with Gasteiger partial charge in [0.2, 0.25) is 0 Å². The van der Waals surface area contributed by atoms with Crippen molar-refractivity contribution in [1.82, 2.24) is 4.98 Å². The number of sulfone groups is 1. The van der Waals surface area contributed by atoms with Crippen molar-refractivity contribution in [3.63, 3.8) is 0 Å². The highest BCUT2D eigenvalue weighted by atomic mass is 32.2. The molecule has 0 saturated carbocycles. The Balaban J connectivity index is 2.60. The molecular weight excluding hydrogens is 286 g/mol. The molecule has 0 aliphatic carbocycles. The molecule has 0 saturated heterocycles. The van der Waals surface area contributed by atoms with E-state index >= 15 is 0 Å². The van der Waals surface area contributed by atoms with E-state index in [4.69, 9.17) is 10.5 Å². The smallest absolute Gasteiger partial charge is 0.181 e. The number of nitrogens with zero attached hydrogens (tertiary/aromatic N) is 3. The number of pyridine rings is 1. The van der Waals surface area contributed by atoms with Crippen LogP contribution in [0.15, 0.2) is 41.4 Å². The summed E-state index contributed by atoms with van der Waals surface area (Å²) in [6.45, 7) is 1.52. The van der Waals surface area contributed by atoms with Gasteiger partial charge in [0.15, 0.2) is 15.5 Å². The Bertz CT molecular complexity index is 857. The van der Waals surface area contributed by atoms with Crippen molar-refractivity contribution in [3.8, 4) is 23.3 Å². The molecule has 6 heteroatoms. The highest BCUT2D eigenvalue weighted by Gasteiger charge is 2.19. The average molecular weight is 297 g/mol. The van der Waals surface area contributed by atoms with Crippen LogP contribution in [0.2, 0.25) is 0 Å². The van der Waals surface area contributed by atoms with Crippen LogP contribution in [0, 0.1) is 22.7 Å². The Morgan fingerprint density at radius 3 is 2.29 bits per heavy atom. The maximum Gasteiger partial charge on any atom is 0.181 e. The fraction of sp³-hybridized carbons (Fsp3) is 0.133. The Kier molecular flexibility index (Phi) is 4.02. The second kappa shape index (κ2) is 5.74. The number of hydrogen-bond donors (Lipinski definition) is 0. The first-order chi connectivity index (χ1) is 10.0. The van der Waals surface area contributed by atoms with Gasteiger partial charge in [-0.25, -0.2) is 13.4 Å². The van der Waals surface area contributed by atoms with Gasteiger partial charge in [0, 0.05) is 11.8 Å². The van der Waals surface area contributed by atoms with E-state index in [2.05, 4.69) is 4.98 Å². The summed E-state index contributed by atoms with van der Waals surface area (Å²) < 4.78 is 24.1. The lowest BCUT2D eigenvalue weighted by Crippen LogP contribution is -2.07. The van der Waals surface area contributed by atoms with Crippen LogP contribution in [0.1, 0.15) is 18.2 Å². The third kappa shape index (κ3) is 2.91. The van der Waals surface area contributed by atoms with E-state index in [9.17, 15) is 8.42 Å². The minimum atomic E-state index is -3.52. The Morgan fingerprint density at radius 2 is 1.76 bits per heavy atom. The Morgan fingerprint density at radius 1 is 1.10 bits per heavy atom. The standard InChI is InChI=1S/C15H11N3O2S/c1-2-21(19,20)15-7-13(10-18-14(15)9-17)12-5-3-11(8-16)4-6-12/h3-7,10H,2H2,1H3. The molecular formula is C15H11N3O2S. The molecule has 0 radical (unpaired) electrons. The molecule has 1 aromatic carbocycles. The van der Waals surface area contributed by atoms with Gasteiger partial charge < -0.3 is 0 Å². The van der Waals surface area contributed by atoms with Crippen molar-refractivity contribution in [2.45, 2.75) is 11.8 Å². The molecule has 0 N–H and O–H groups in total. The van der Waals surface area contributed by atoms with Gasteiger partial charge in [0.25, 0.3) is 0 Å². The number of rotatable bonds is 3. The highest BCUT2D eigenvalue weighted by Crippen LogP contribution is 2.24. The van der Waals surface area contributed by atoms with Crippen molar-refractivity contribution in [2.75, 3.05) is 5.75 Å². The number of benzene rings is 1. The zero-order chi connectivity index (χ0) is 15.5. The number of hydrogen-bond acceptors (Lipinski definition) is 5. The van der Waals surface area contributed by atoms with Gasteiger partial charge in [0.05, 0.1) is 17.4 Å². The quantitative estimate of drug-likeness (QED) is 0.866. The van der Waals surface area contributed by atoms with Gasteiger partial charge in [-0.05, 0) is 23.8 Å². The highest BCUT2D eigenvalue weighted by molar-refractivity contribution is 7.91. The average Bonchev–Trinajstić information content (AvgIpc) is 2.54. The minimum absolute atomic E-state index is 0.0608. The predicted molar refractivity (Wildman–Crippen MR) is 76.8 cm³/mol. The molecule has 2 aromatic rings. The summed E-state index contributed by atoms with van der Waals surface area (Å²) in [4.78, 5) is 3.86. The Labute approximate surface area is 123 Å². The Hall–Kier alpha value is -2.70. The van der Waals surface area contributed by atoms with Crippen molar-refractivity contribution >= 4 is 9.84 Å². The molecule has 0 aliphatic heterocycles. The van der Waals surface area contributed by atoms with Crippen LogP contribution in [0.25, 0.3) is 11.1 Å². The fourth-order valence-electron chi connectivity index (χ4n) is 1.82.